The third kappa shape index (κ3) is 6.30. The van der Waals surface area contributed by atoms with Gasteiger partial charge in [-0.1, -0.05) is 62.6 Å². The van der Waals surface area contributed by atoms with Crippen LogP contribution in [0.2, 0.25) is 5.02 Å². The maximum atomic E-state index is 12.6. The Bertz CT molecular complexity index is 923. The predicted molar refractivity (Wildman–Crippen MR) is 133 cm³/mol. The number of amides is 1. The number of benzene rings is 2. The van der Waals surface area contributed by atoms with Crippen LogP contribution in [0, 0.1) is 11.8 Å². The molecule has 3 atom stereocenters. The van der Waals surface area contributed by atoms with Crippen LogP contribution in [0.15, 0.2) is 48.5 Å². The third-order valence-electron chi connectivity index (χ3n) is 7.11. The number of ether oxygens (including phenoxy) is 2. The van der Waals surface area contributed by atoms with Crippen molar-refractivity contribution in [3.63, 3.8) is 0 Å². The van der Waals surface area contributed by atoms with Crippen molar-refractivity contribution in [1.82, 2.24) is 4.90 Å². The molecular weight excluding hydrogens is 434 g/mol. The van der Waals surface area contributed by atoms with E-state index in [0.29, 0.717) is 24.4 Å². The maximum absolute atomic E-state index is 12.6. The number of nitrogens with zero attached hydrogens (tertiary/aromatic N) is 1. The lowest BCUT2D eigenvalue weighted by Crippen LogP contribution is -2.35. The first-order valence-corrected chi connectivity index (χ1v) is 12.8. The van der Waals surface area contributed by atoms with Crippen LogP contribution in [0.1, 0.15) is 69.1 Å². The second-order valence-electron chi connectivity index (χ2n) is 9.81. The largest absolute Gasteiger partial charge is 0.484 e. The minimum atomic E-state index is 0.0188. The third-order valence-corrected chi connectivity index (χ3v) is 7.34. The van der Waals surface area contributed by atoms with Gasteiger partial charge in [0, 0.05) is 24.0 Å². The fourth-order valence-corrected chi connectivity index (χ4v) is 5.36. The molecule has 2 fully saturated rings. The summed E-state index contributed by atoms with van der Waals surface area (Å²) in [6, 6.07) is 16.2. The van der Waals surface area contributed by atoms with Crippen LogP contribution in [0.5, 0.6) is 5.75 Å². The second kappa shape index (κ2) is 11.4. The van der Waals surface area contributed by atoms with Gasteiger partial charge in [0.25, 0.3) is 5.91 Å². The van der Waals surface area contributed by atoms with E-state index in [1.807, 2.05) is 29.2 Å². The molecule has 2 aliphatic heterocycles. The van der Waals surface area contributed by atoms with Crippen molar-refractivity contribution in [2.45, 2.75) is 58.0 Å². The Hall–Kier alpha value is -2.04. The lowest BCUT2D eigenvalue weighted by Gasteiger charge is -2.39. The predicted octanol–water partition coefficient (Wildman–Crippen LogP) is 6.64. The van der Waals surface area contributed by atoms with Crippen LogP contribution < -0.4 is 4.74 Å². The van der Waals surface area contributed by atoms with Crippen LogP contribution in [0.25, 0.3) is 0 Å². The highest BCUT2D eigenvalue weighted by Crippen LogP contribution is 2.44. The molecule has 0 unspecified atom stereocenters. The molecule has 0 spiro atoms. The number of halogens is 1. The lowest BCUT2D eigenvalue weighted by molar-refractivity contribution is -0.133. The SMILES string of the molecule is CC(C)[C@@H]1C[C@H](c2cccc(Cl)c2)CO[C@H]1c1cccc(OCC(=O)N2CCCCCC2)c1. The molecule has 0 radical (unpaired) electrons. The maximum Gasteiger partial charge on any atom is 0.260 e. The van der Waals surface area contributed by atoms with E-state index in [1.54, 1.807) is 0 Å². The van der Waals surface area contributed by atoms with Crippen LogP contribution in [0.3, 0.4) is 0 Å². The lowest BCUT2D eigenvalue weighted by atomic mass is 9.76. The van der Waals surface area contributed by atoms with Gasteiger partial charge in [0.1, 0.15) is 5.75 Å². The van der Waals surface area contributed by atoms with Crippen LogP contribution in [0.4, 0.5) is 0 Å². The first-order valence-electron chi connectivity index (χ1n) is 12.4. The molecule has 1 amide bonds. The van der Waals surface area contributed by atoms with E-state index < -0.39 is 0 Å². The van der Waals surface area contributed by atoms with Crippen LogP contribution in [-0.4, -0.2) is 37.1 Å². The molecule has 2 aromatic rings. The van der Waals surface area contributed by atoms with Gasteiger partial charge in [-0.2, -0.15) is 0 Å². The Labute approximate surface area is 203 Å². The molecule has 0 aliphatic carbocycles. The van der Waals surface area contributed by atoms with Crippen molar-refractivity contribution in [2.24, 2.45) is 11.8 Å². The molecule has 0 bridgehead atoms. The number of hydrogen-bond acceptors (Lipinski definition) is 3. The monoisotopic (exact) mass is 469 g/mol. The van der Waals surface area contributed by atoms with Gasteiger partial charge in [-0.15, -0.1) is 0 Å². The zero-order valence-electron chi connectivity index (χ0n) is 19.8. The molecule has 33 heavy (non-hydrogen) atoms. The normalized spacial score (nSPS) is 23.9. The summed E-state index contributed by atoms with van der Waals surface area (Å²) in [5.41, 5.74) is 2.37. The van der Waals surface area contributed by atoms with Gasteiger partial charge in [-0.3, -0.25) is 4.79 Å². The topological polar surface area (TPSA) is 38.8 Å². The Kier molecular flexibility index (Phi) is 8.32. The number of carbonyl (C=O) groups excluding carboxylic acids is 1. The number of likely N-dealkylation sites (tertiary alicyclic amines) is 1. The highest BCUT2D eigenvalue weighted by atomic mass is 35.5. The Morgan fingerprint density at radius 1 is 1.06 bits per heavy atom. The first-order chi connectivity index (χ1) is 16.0. The molecule has 2 heterocycles. The first kappa shape index (κ1) is 24.1. The smallest absolute Gasteiger partial charge is 0.260 e. The van der Waals surface area contributed by atoms with Gasteiger partial charge < -0.3 is 14.4 Å². The van der Waals surface area contributed by atoms with Crippen molar-refractivity contribution in [2.75, 3.05) is 26.3 Å². The van der Waals surface area contributed by atoms with E-state index in [-0.39, 0.29) is 18.6 Å². The fraction of sp³-hybridized carbons (Fsp3) is 0.536. The highest BCUT2D eigenvalue weighted by molar-refractivity contribution is 6.30. The van der Waals surface area contributed by atoms with Gasteiger partial charge in [0.2, 0.25) is 0 Å². The summed E-state index contributed by atoms with van der Waals surface area (Å²) in [5, 5.41) is 0.773. The van der Waals surface area contributed by atoms with Gasteiger partial charge in [-0.25, -0.2) is 0 Å². The Balaban J connectivity index is 1.41. The molecule has 2 aromatic carbocycles. The van der Waals surface area contributed by atoms with Gasteiger partial charge >= 0.3 is 0 Å². The number of carbonyl (C=O) groups is 1. The average Bonchev–Trinajstić information content (AvgIpc) is 3.12. The Morgan fingerprint density at radius 3 is 2.52 bits per heavy atom. The summed E-state index contributed by atoms with van der Waals surface area (Å²) in [7, 11) is 0. The molecule has 0 saturated carbocycles. The number of hydrogen-bond donors (Lipinski definition) is 0. The summed E-state index contributed by atoms with van der Waals surface area (Å²) < 4.78 is 12.4. The molecular formula is C28H36ClNO3. The standard InChI is InChI=1S/C28H36ClNO3/c1-20(2)26-17-23(21-9-7-11-24(29)15-21)18-33-28(26)22-10-8-12-25(16-22)32-19-27(31)30-13-5-3-4-6-14-30/h7-12,15-16,20,23,26,28H,3-6,13-14,17-19H2,1-2H3/t23-,26-,28-/m0/s1. The molecule has 4 nitrogen and oxygen atoms in total. The van der Waals surface area contributed by atoms with E-state index in [9.17, 15) is 4.79 Å². The van der Waals surface area contributed by atoms with Crippen LogP contribution in [-0.2, 0) is 9.53 Å². The molecule has 4 rings (SSSR count). The van der Waals surface area contributed by atoms with Gasteiger partial charge in [0.15, 0.2) is 6.61 Å². The number of rotatable bonds is 6. The molecule has 0 aromatic heterocycles. The fourth-order valence-electron chi connectivity index (χ4n) is 5.16. The molecule has 5 heteroatoms. The quantitative estimate of drug-likeness (QED) is 0.476. The van der Waals surface area contributed by atoms with Gasteiger partial charge in [0.05, 0.1) is 12.7 Å². The van der Waals surface area contributed by atoms with Crippen molar-refractivity contribution in [3.05, 3.63) is 64.7 Å². The van der Waals surface area contributed by atoms with Crippen LogP contribution >= 0.6 is 11.6 Å². The molecule has 0 N–H and O–H groups in total. The van der Waals surface area contributed by atoms with E-state index in [4.69, 9.17) is 21.1 Å². The minimum absolute atomic E-state index is 0.0188. The van der Waals surface area contributed by atoms with Crippen molar-refractivity contribution < 1.29 is 14.3 Å². The highest BCUT2D eigenvalue weighted by Gasteiger charge is 2.35. The molecule has 2 saturated heterocycles. The minimum Gasteiger partial charge on any atom is -0.484 e. The zero-order chi connectivity index (χ0) is 23.2. The van der Waals surface area contributed by atoms with E-state index in [0.717, 1.165) is 48.7 Å². The molecule has 178 valence electrons. The summed E-state index contributed by atoms with van der Waals surface area (Å²) in [6.45, 7) is 7.00. The summed E-state index contributed by atoms with van der Waals surface area (Å²) in [6.07, 6.45) is 5.68. The van der Waals surface area contributed by atoms with Gasteiger partial charge in [-0.05, 0) is 66.5 Å². The Morgan fingerprint density at radius 2 is 1.79 bits per heavy atom. The van der Waals surface area contributed by atoms with E-state index >= 15 is 0 Å². The zero-order valence-corrected chi connectivity index (χ0v) is 20.6. The average molecular weight is 470 g/mol. The second-order valence-corrected chi connectivity index (χ2v) is 10.2. The van der Waals surface area contributed by atoms with E-state index in [2.05, 4.69) is 38.1 Å². The summed E-state index contributed by atoms with van der Waals surface area (Å²) in [4.78, 5) is 14.6. The van der Waals surface area contributed by atoms with Crippen molar-refractivity contribution in [3.8, 4) is 5.75 Å². The van der Waals surface area contributed by atoms with Crippen molar-refractivity contribution >= 4 is 17.5 Å². The van der Waals surface area contributed by atoms with Crippen molar-refractivity contribution in [1.29, 1.82) is 0 Å². The summed E-state index contributed by atoms with van der Waals surface area (Å²) >= 11 is 6.23. The summed E-state index contributed by atoms with van der Waals surface area (Å²) in [5.74, 6) is 2.03. The molecule has 2 aliphatic rings. The van der Waals surface area contributed by atoms with E-state index in [1.165, 1.54) is 18.4 Å².